The van der Waals surface area contributed by atoms with Gasteiger partial charge in [0.15, 0.2) is 0 Å². The van der Waals surface area contributed by atoms with Gasteiger partial charge in [-0.25, -0.2) is 0 Å². The zero-order valence-corrected chi connectivity index (χ0v) is 18.9. The first-order valence-corrected chi connectivity index (χ1v) is 11.7. The van der Waals surface area contributed by atoms with Crippen molar-refractivity contribution in [2.45, 2.75) is 32.4 Å². The summed E-state index contributed by atoms with van der Waals surface area (Å²) in [5.41, 5.74) is 4.29. The fraction of sp³-hybridized carbons (Fsp3) is 0.286. The van der Waals surface area contributed by atoms with Crippen LogP contribution < -0.4 is 0 Å². The van der Waals surface area contributed by atoms with Crippen LogP contribution in [-0.4, -0.2) is 45.7 Å². The molecule has 33 heavy (non-hydrogen) atoms. The molecule has 2 amide bonds. The number of amides is 2. The predicted octanol–water partition coefficient (Wildman–Crippen LogP) is 4.66. The summed E-state index contributed by atoms with van der Waals surface area (Å²) in [6.45, 7) is 4.92. The van der Waals surface area contributed by atoms with E-state index in [1.807, 2.05) is 35.2 Å². The van der Waals surface area contributed by atoms with Gasteiger partial charge in [0.25, 0.3) is 0 Å². The summed E-state index contributed by atoms with van der Waals surface area (Å²) in [5.74, 6) is 0.390. The quantitative estimate of drug-likeness (QED) is 0.507. The lowest BCUT2D eigenvalue weighted by atomic mass is 9.84. The Morgan fingerprint density at radius 2 is 1.67 bits per heavy atom. The molecule has 4 aromatic rings. The highest BCUT2D eigenvalue weighted by Crippen LogP contribution is 2.44. The van der Waals surface area contributed by atoms with Gasteiger partial charge in [-0.2, -0.15) is 0 Å². The van der Waals surface area contributed by atoms with Gasteiger partial charge in [-0.3, -0.25) is 9.59 Å². The van der Waals surface area contributed by atoms with Crippen LogP contribution in [0.1, 0.15) is 36.7 Å². The second-order valence-corrected chi connectivity index (χ2v) is 9.67. The molecule has 2 aliphatic heterocycles. The number of piperazine rings is 1. The number of nitrogens with zero attached hydrogens (tertiary/aromatic N) is 2. The highest BCUT2D eigenvalue weighted by molar-refractivity contribution is 5.98. The molecule has 1 unspecified atom stereocenters. The van der Waals surface area contributed by atoms with E-state index in [1.54, 1.807) is 4.90 Å². The zero-order chi connectivity index (χ0) is 22.7. The number of carbonyl (C=O) groups is 2. The number of carbonyl (C=O) groups excluding carboxylic acids is 2. The third kappa shape index (κ3) is 3.06. The van der Waals surface area contributed by atoms with Crippen LogP contribution in [0.5, 0.6) is 0 Å². The van der Waals surface area contributed by atoms with E-state index in [2.05, 4.69) is 55.2 Å². The van der Waals surface area contributed by atoms with Gasteiger partial charge < -0.3 is 14.8 Å². The Bertz CT molecular complexity index is 1400. The Hall–Kier alpha value is -3.60. The average molecular weight is 438 g/mol. The minimum Gasteiger partial charge on any atom is -0.356 e. The van der Waals surface area contributed by atoms with Gasteiger partial charge in [0.1, 0.15) is 6.04 Å². The number of fused-ring (bicyclic) bond motifs is 5. The van der Waals surface area contributed by atoms with Crippen molar-refractivity contribution in [3.05, 3.63) is 83.6 Å². The van der Waals surface area contributed by atoms with E-state index in [-0.39, 0.29) is 24.4 Å². The van der Waals surface area contributed by atoms with Crippen LogP contribution in [0.2, 0.25) is 0 Å². The SMILES string of the molecule is CC(C)CN1CC(=O)N2C(c3cccc4ccccc34)c3[nH]c4ccccc4c3C[C@@H]2C1=O. The standard InChI is InChI=1S/C28H27N3O2/c1-17(2)15-30-16-25(32)31-24(28(30)33)14-22-20-11-5-6-13-23(20)29-26(22)27(31)21-12-7-9-18-8-3-4-10-19(18)21/h3-13,17,24,27,29H,14-16H2,1-2H3/t24-,27?/m1/s1. The van der Waals surface area contributed by atoms with Gasteiger partial charge in [0.2, 0.25) is 11.8 Å². The number of hydrogen-bond donors (Lipinski definition) is 1. The third-order valence-electron chi connectivity index (χ3n) is 7.05. The normalized spacial score (nSPS) is 20.6. The lowest BCUT2D eigenvalue weighted by Gasteiger charge is -2.47. The molecule has 0 saturated carbocycles. The van der Waals surface area contributed by atoms with Gasteiger partial charge in [0.05, 0.1) is 12.6 Å². The first-order chi connectivity index (χ1) is 16.0. The molecular formula is C28H27N3O2. The van der Waals surface area contributed by atoms with Gasteiger partial charge in [0, 0.05) is 29.6 Å². The monoisotopic (exact) mass is 437 g/mol. The highest BCUT2D eigenvalue weighted by atomic mass is 16.2. The Morgan fingerprint density at radius 1 is 0.939 bits per heavy atom. The van der Waals surface area contributed by atoms with Gasteiger partial charge in [-0.1, -0.05) is 74.5 Å². The molecule has 6 rings (SSSR count). The van der Waals surface area contributed by atoms with Crippen molar-refractivity contribution in [1.29, 1.82) is 0 Å². The van der Waals surface area contributed by atoms with Crippen LogP contribution in [0.25, 0.3) is 21.7 Å². The van der Waals surface area contributed by atoms with Crippen LogP contribution in [-0.2, 0) is 16.0 Å². The maximum atomic E-state index is 13.7. The van der Waals surface area contributed by atoms with Crippen LogP contribution in [0.4, 0.5) is 0 Å². The molecule has 0 aliphatic carbocycles. The Morgan fingerprint density at radius 3 is 2.48 bits per heavy atom. The van der Waals surface area contributed by atoms with E-state index in [0.29, 0.717) is 18.9 Å². The van der Waals surface area contributed by atoms with E-state index in [0.717, 1.165) is 38.5 Å². The molecule has 5 nitrogen and oxygen atoms in total. The molecule has 3 aromatic carbocycles. The fourth-order valence-electron chi connectivity index (χ4n) is 5.73. The van der Waals surface area contributed by atoms with Crippen LogP contribution in [0.15, 0.2) is 66.7 Å². The first-order valence-electron chi connectivity index (χ1n) is 11.7. The number of rotatable bonds is 3. The number of H-pyrrole nitrogens is 1. The molecule has 1 N–H and O–H groups in total. The number of hydrogen-bond acceptors (Lipinski definition) is 2. The molecule has 1 aromatic heterocycles. The van der Waals surface area contributed by atoms with Gasteiger partial charge >= 0.3 is 0 Å². The van der Waals surface area contributed by atoms with Crippen LogP contribution >= 0.6 is 0 Å². The Labute approximate surface area is 193 Å². The van der Waals surface area contributed by atoms with Crippen molar-refractivity contribution >= 4 is 33.5 Å². The summed E-state index contributed by atoms with van der Waals surface area (Å²) < 4.78 is 0. The molecule has 3 heterocycles. The minimum absolute atomic E-state index is 0.0162. The minimum atomic E-state index is -0.485. The summed E-state index contributed by atoms with van der Waals surface area (Å²) in [6, 6.07) is 21.9. The number of aromatic nitrogens is 1. The van der Waals surface area contributed by atoms with Crippen molar-refractivity contribution in [1.82, 2.24) is 14.8 Å². The molecule has 0 spiro atoms. The molecule has 2 aliphatic rings. The molecule has 2 atom stereocenters. The topological polar surface area (TPSA) is 56.4 Å². The van der Waals surface area contributed by atoms with Gasteiger partial charge in [-0.05, 0) is 33.9 Å². The maximum Gasteiger partial charge on any atom is 0.246 e. The van der Waals surface area contributed by atoms with E-state index in [9.17, 15) is 9.59 Å². The van der Waals surface area contributed by atoms with Gasteiger partial charge in [-0.15, -0.1) is 0 Å². The first kappa shape index (κ1) is 20.0. The number of para-hydroxylation sites is 1. The summed E-state index contributed by atoms with van der Waals surface area (Å²) in [4.78, 5) is 34.5. The molecular weight excluding hydrogens is 410 g/mol. The van der Waals surface area contributed by atoms with E-state index in [1.165, 1.54) is 0 Å². The highest BCUT2D eigenvalue weighted by Gasteiger charge is 2.48. The van der Waals surface area contributed by atoms with Crippen molar-refractivity contribution in [3.63, 3.8) is 0 Å². The molecule has 0 radical (unpaired) electrons. The van der Waals surface area contributed by atoms with E-state index < -0.39 is 6.04 Å². The van der Waals surface area contributed by atoms with Crippen LogP contribution in [0.3, 0.4) is 0 Å². The zero-order valence-electron chi connectivity index (χ0n) is 18.9. The lowest BCUT2D eigenvalue weighted by molar-refractivity contribution is -0.159. The van der Waals surface area contributed by atoms with E-state index in [4.69, 9.17) is 0 Å². The fourth-order valence-corrected chi connectivity index (χ4v) is 5.73. The maximum absolute atomic E-state index is 13.7. The number of nitrogens with one attached hydrogen (secondary N) is 1. The Kier molecular flexibility index (Phi) is 4.54. The van der Waals surface area contributed by atoms with E-state index >= 15 is 0 Å². The van der Waals surface area contributed by atoms with Crippen molar-refractivity contribution in [2.75, 3.05) is 13.1 Å². The largest absolute Gasteiger partial charge is 0.356 e. The van der Waals surface area contributed by atoms with Crippen molar-refractivity contribution in [3.8, 4) is 0 Å². The molecule has 5 heteroatoms. The van der Waals surface area contributed by atoms with Crippen molar-refractivity contribution in [2.24, 2.45) is 5.92 Å². The predicted molar refractivity (Wildman–Crippen MR) is 130 cm³/mol. The third-order valence-corrected chi connectivity index (χ3v) is 7.05. The Balaban J connectivity index is 1.59. The molecule has 0 bridgehead atoms. The van der Waals surface area contributed by atoms with Crippen LogP contribution in [0, 0.1) is 5.92 Å². The van der Waals surface area contributed by atoms with Crippen molar-refractivity contribution < 1.29 is 9.59 Å². The number of benzene rings is 3. The number of aromatic amines is 1. The smallest absolute Gasteiger partial charge is 0.246 e. The second-order valence-electron chi connectivity index (χ2n) is 9.67. The summed E-state index contributed by atoms with van der Waals surface area (Å²) in [6.07, 6.45) is 0.541. The molecule has 1 saturated heterocycles. The second kappa shape index (κ2) is 7.48. The average Bonchev–Trinajstić information content (AvgIpc) is 3.19. The summed E-state index contributed by atoms with van der Waals surface area (Å²) in [5, 5.41) is 3.38. The summed E-state index contributed by atoms with van der Waals surface area (Å²) in [7, 11) is 0. The molecule has 1 fully saturated rings. The lowest BCUT2D eigenvalue weighted by Crippen LogP contribution is -2.63. The summed E-state index contributed by atoms with van der Waals surface area (Å²) >= 11 is 0. The molecule has 166 valence electrons.